The van der Waals surface area contributed by atoms with Crippen molar-refractivity contribution in [3.63, 3.8) is 0 Å². The Morgan fingerprint density at radius 3 is 2.66 bits per heavy atom. The number of ether oxygens (including phenoxy) is 2. The molecule has 0 saturated heterocycles. The van der Waals surface area contributed by atoms with Gasteiger partial charge in [-0.25, -0.2) is 0 Å². The summed E-state index contributed by atoms with van der Waals surface area (Å²) in [5, 5.41) is 19.3. The quantitative estimate of drug-likeness (QED) is 0.428. The minimum Gasteiger partial charge on any atom is -0.347 e. The summed E-state index contributed by atoms with van der Waals surface area (Å²) in [5.41, 5.74) is 1.54. The van der Waals surface area contributed by atoms with Crippen LogP contribution in [0, 0.1) is 34.5 Å². The van der Waals surface area contributed by atoms with Gasteiger partial charge in [-0.05, 0) is 86.0 Å². The number of ketones is 2. The molecule has 0 aromatic rings. The van der Waals surface area contributed by atoms with E-state index in [2.05, 4.69) is 13.8 Å². The molecule has 4 aliphatic rings. The zero-order valence-corrected chi connectivity index (χ0v) is 19.9. The third kappa shape index (κ3) is 4.24. The maximum Gasteiger partial charge on any atom is 0.279 e. The first kappa shape index (κ1) is 24.1. The van der Waals surface area contributed by atoms with Crippen LogP contribution in [-0.2, 0) is 19.1 Å². The molecule has 0 aliphatic heterocycles. The third-order valence-corrected chi connectivity index (χ3v) is 9.54. The molecule has 4 aliphatic carbocycles. The smallest absolute Gasteiger partial charge is 0.279 e. The number of Topliss-reactive ketones (excluding diaryl/α,β-unsaturated/α-hetero) is 1. The van der Waals surface area contributed by atoms with Gasteiger partial charge in [0.1, 0.15) is 6.61 Å². The minimum atomic E-state index is -2.20. The van der Waals surface area contributed by atoms with Crippen LogP contribution >= 0.6 is 0 Å². The standard InChI is InChI=1S/C26H40O6/c1-4-11-26(29,30)32-16-31-15-23(28)22-8-7-20-19-6-5-17-14-18(27)9-12-24(17,2)21(19)10-13-25(20,22)3/h14,19-22,29-30H,4-13,15-16H2,1-3H3/t19-,20-,21-,22+,24-,25-/m0/s1. The molecule has 0 unspecified atom stereocenters. The molecule has 6 heteroatoms. The molecule has 0 spiro atoms. The van der Waals surface area contributed by atoms with Crippen molar-refractivity contribution in [2.45, 2.75) is 91.0 Å². The van der Waals surface area contributed by atoms with E-state index in [9.17, 15) is 19.8 Å². The molecule has 180 valence electrons. The second kappa shape index (κ2) is 8.94. The van der Waals surface area contributed by atoms with Gasteiger partial charge in [0, 0.05) is 18.8 Å². The summed E-state index contributed by atoms with van der Waals surface area (Å²) < 4.78 is 10.3. The van der Waals surface area contributed by atoms with Crippen LogP contribution in [0.2, 0.25) is 0 Å². The second-order valence-electron chi connectivity index (χ2n) is 11.2. The van der Waals surface area contributed by atoms with E-state index in [1.54, 1.807) is 0 Å². The number of rotatable bonds is 8. The molecule has 6 nitrogen and oxygen atoms in total. The Labute approximate surface area is 191 Å². The van der Waals surface area contributed by atoms with Crippen LogP contribution in [0.15, 0.2) is 11.6 Å². The van der Waals surface area contributed by atoms with E-state index >= 15 is 0 Å². The fourth-order valence-electron chi connectivity index (χ4n) is 7.86. The molecule has 4 rings (SSSR count). The van der Waals surface area contributed by atoms with Crippen molar-refractivity contribution < 1.29 is 29.3 Å². The van der Waals surface area contributed by atoms with Crippen molar-refractivity contribution in [1.82, 2.24) is 0 Å². The van der Waals surface area contributed by atoms with Crippen molar-refractivity contribution in [2.24, 2.45) is 34.5 Å². The molecular weight excluding hydrogens is 408 g/mol. The molecule has 0 aromatic carbocycles. The molecule has 0 heterocycles. The predicted molar refractivity (Wildman–Crippen MR) is 119 cm³/mol. The highest BCUT2D eigenvalue weighted by atomic mass is 16.8. The van der Waals surface area contributed by atoms with Crippen LogP contribution in [0.5, 0.6) is 0 Å². The van der Waals surface area contributed by atoms with E-state index in [0.29, 0.717) is 36.4 Å². The molecule has 3 fully saturated rings. The Balaban J connectivity index is 1.38. The normalized spacial score (nSPS) is 39.2. The van der Waals surface area contributed by atoms with Gasteiger partial charge in [0.15, 0.2) is 18.4 Å². The molecule has 32 heavy (non-hydrogen) atoms. The van der Waals surface area contributed by atoms with Gasteiger partial charge in [0.2, 0.25) is 0 Å². The summed E-state index contributed by atoms with van der Waals surface area (Å²) in [6.07, 6.45) is 10.6. The highest BCUT2D eigenvalue weighted by Crippen LogP contribution is 2.66. The van der Waals surface area contributed by atoms with E-state index in [1.165, 1.54) is 5.57 Å². The van der Waals surface area contributed by atoms with Crippen molar-refractivity contribution in [3.8, 4) is 0 Å². The van der Waals surface area contributed by atoms with Gasteiger partial charge in [-0.15, -0.1) is 0 Å². The molecular formula is C26H40O6. The number of aliphatic hydroxyl groups is 2. The lowest BCUT2D eigenvalue weighted by atomic mass is 9.46. The lowest BCUT2D eigenvalue weighted by Gasteiger charge is -2.58. The Morgan fingerprint density at radius 2 is 1.91 bits per heavy atom. The number of hydrogen-bond acceptors (Lipinski definition) is 6. The second-order valence-corrected chi connectivity index (χ2v) is 11.2. The fraction of sp³-hybridized carbons (Fsp3) is 0.846. The number of hydrogen-bond donors (Lipinski definition) is 2. The monoisotopic (exact) mass is 448 g/mol. The van der Waals surface area contributed by atoms with Gasteiger partial charge >= 0.3 is 0 Å². The summed E-state index contributed by atoms with van der Waals surface area (Å²) in [7, 11) is 0. The minimum absolute atomic E-state index is 0.00442. The van der Waals surface area contributed by atoms with Gasteiger partial charge in [-0.3, -0.25) is 9.59 Å². The molecule has 6 atom stereocenters. The maximum atomic E-state index is 13.1. The highest BCUT2D eigenvalue weighted by Gasteiger charge is 2.60. The largest absolute Gasteiger partial charge is 0.347 e. The first-order chi connectivity index (χ1) is 15.1. The Morgan fingerprint density at radius 1 is 1.12 bits per heavy atom. The van der Waals surface area contributed by atoms with E-state index in [0.717, 1.165) is 44.9 Å². The van der Waals surface area contributed by atoms with E-state index in [1.807, 2.05) is 13.0 Å². The zero-order chi connectivity index (χ0) is 23.1. The average Bonchev–Trinajstić information content (AvgIpc) is 3.09. The maximum absolute atomic E-state index is 13.1. The number of carbonyl (C=O) groups excluding carboxylic acids is 2. The van der Waals surface area contributed by atoms with Crippen LogP contribution in [0.1, 0.15) is 85.0 Å². The summed E-state index contributed by atoms with van der Waals surface area (Å²) in [4.78, 5) is 25.1. The average molecular weight is 449 g/mol. The van der Waals surface area contributed by atoms with Crippen molar-refractivity contribution in [3.05, 3.63) is 11.6 Å². The number of carbonyl (C=O) groups is 2. The van der Waals surface area contributed by atoms with Gasteiger partial charge in [-0.2, -0.15) is 0 Å². The number of allylic oxidation sites excluding steroid dienone is 1. The third-order valence-electron chi connectivity index (χ3n) is 9.54. The molecule has 3 saturated carbocycles. The summed E-state index contributed by atoms with van der Waals surface area (Å²) >= 11 is 0. The molecule has 0 aromatic heterocycles. The Kier molecular flexibility index (Phi) is 6.72. The van der Waals surface area contributed by atoms with E-state index < -0.39 is 5.97 Å². The van der Waals surface area contributed by atoms with Crippen LogP contribution in [0.25, 0.3) is 0 Å². The summed E-state index contributed by atoms with van der Waals surface area (Å²) in [5.74, 6) is -0.00227. The fourth-order valence-corrected chi connectivity index (χ4v) is 7.86. The number of fused-ring (bicyclic) bond motifs is 5. The Hall–Kier alpha value is -1.08. The predicted octanol–water partition coefficient (Wildman–Crippen LogP) is 4.13. The van der Waals surface area contributed by atoms with Crippen LogP contribution < -0.4 is 0 Å². The van der Waals surface area contributed by atoms with Gasteiger partial charge in [-0.1, -0.05) is 26.3 Å². The van der Waals surface area contributed by atoms with Crippen LogP contribution in [0.3, 0.4) is 0 Å². The molecule has 0 bridgehead atoms. The molecule has 0 radical (unpaired) electrons. The first-order valence-corrected chi connectivity index (χ1v) is 12.5. The lowest BCUT2D eigenvalue weighted by molar-refractivity contribution is -0.362. The van der Waals surface area contributed by atoms with Crippen molar-refractivity contribution in [2.75, 3.05) is 13.4 Å². The van der Waals surface area contributed by atoms with Crippen molar-refractivity contribution in [1.29, 1.82) is 0 Å². The van der Waals surface area contributed by atoms with Gasteiger partial charge < -0.3 is 19.7 Å². The Bertz CT molecular complexity index is 772. The topological polar surface area (TPSA) is 93.1 Å². The van der Waals surface area contributed by atoms with Crippen molar-refractivity contribution >= 4 is 11.6 Å². The van der Waals surface area contributed by atoms with Crippen LogP contribution in [0.4, 0.5) is 0 Å². The van der Waals surface area contributed by atoms with E-state index in [4.69, 9.17) is 9.47 Å². The first-order valence-electron chi connectivity index (χ1n) is 12.5. The van der Waals surface area contributed by atoms with Crippen LogP contribution in [-0.4, -0.2) is 41.2 Å². The highest BCUT2D eigenvalue weighted by molar-refractivity contribution is 5.91. The zero-order valence-electron chi connectivity index (χ0n) is 19.9. The summed E-state index contributed by atoms with van der Waals surface area (Å²) in [6, 6.07) is 0. The van der Waals surface area contributed by atoms with E-state index in [-0.39, 0.29) is 42.4 Å². The molecule has 0 amide bonds. The lowest BCUT2D eigenvalue weighted by Crippen LogP contribution is -2.51. The van der Waals surface area contributed by atoms with Gasteiger partial charge in [0.05, 0.1) is 0 Å². The SMILES string of the molecule is CCCC(O)(O)OCOCC(=O)[C@H]1CC[C@H]2[C@@H]3CCC4=CC(=O)CC[C@]4(C)[C@H]3CC[C@]12C. The summed E-state index contributed by atoms with van der Waals surface area (Å²) in [6.45, 7) is 6.18. The molecule has 2 N–H and O–H groups in total. The van der Waals surface area contributed by atoms with Gasteiger partial charge in [0.25, 0.3) is 5.97 Å².